The second kappa shape index (κ2) is 3.66. The Hall–Kier alpha value is -1.23. The topological polar surface area (TPSA) is 77.8 Å². The van der Waals surface area contributed by atoms with E-state index < -0.39 is 11.0 Å². The molecule has 1 saturated carbocycles. The second-order valence-corrected chi connectivity index (χ2v) is 5.87. The molecule has 0 aromatic rings. The first-order valence-corrected chi connectivity index (χ1v) is 6.55. The van der Waals surface area contributed by atoms with E-state index in [-0.39, 0.29) is 19.0 Å². The van der Waals surface area contributed by atoms with Gasteiger partial charge in [-0.3, -0.25) is 4.79 Å². The average Bonchev–Trinajstić information content (AvgIpc) is 3.09. The Labute approximate surface area is 111 Å². The molecular formula is C15H18O4. The molecule has 0 radical (unpaired) electrons. The van der Waals surface area contributed by atoms with Gasteiger partial charge in [-0.05, 0) is 55.1 Å². The van der Waals surface area contributed by atoms with E-state index in [4.69, 9.17) is 0 Å². The number of carbonyl (C=O) groups is 1. The fraction of sp³-hybridized carbons (Fsp3) is 0.533. The molecule has 0 aromatic carbocycles. The lowest BCUT2D eigenvalue weighted by molar-refractivity contribution is -0.138. The molecule has 0 aromatic heterocycles. The van der Waals surface area contributed by atoms with Crippen LogP contribution >= 0.6 is 0 Å². The normalized spacial score (nSPS) is 32.1. The van der Waals surface area contributed by atoms with Crippen molar-refractivity contribution in [2.45, 2.75) is 32.3 Å². The Morgan fingerprint density at radius 2 is 1.89 bits per heavy atom. The van der Waals surface area contributed by atoms with Gasteiger partial charge in [-0.2, -0.15) is 0 Å². The lowest BCUT2D eigenvalue weighted by Crippen LogP contribution is -2.50. The van der Waals surface area contributed by atoms with Crippen molar-refractivity contribution in [3.63, 3.8) is 0 Å². The molecule has 19 heavy (non-hydrogen) atoms. The van der Waals surface area contributed by atoms with E-state index in [1.807, 2.05) is 6.92 Å². The predicted octanol–water partition coefficient (Wildman–Crippen LogP) is 0.638. The quantitative estimate of drug-likeness (QED) is 0.682. The van der Waals surface area contributed by atoms with Gasteiger partial charge in [-0.15, -0.1) is 0 Å². The number of hydrogen-bond donors (Lipinski definition) is 3. The van der Waals surface area contributed by atoms with Crippen LogP contribution in [-0.2, 0) is 4.79 Å². The zero-order valence-electron chi connectivity index (χ0n) is 11.2. The number of ketones is 1. The largest absolute Gasteiger partial charge is 0.392 e. The van der Waals surface area contributed by atoms with Crippen LogP contribution in [0.4, 0.5) is 0 Å². The standard InChI is InChI=1S/C15H18O4/c1-8-5-9-12(10(8)6-16)11(7-17)15(3-4-15)14(2,19)13(9)18/h5,16-17,19H,3-4,6-7H2,1-2H3/t14-/m0/s1. The highest BCUT2D eigenvalue weighted by molar-refractivity contribution is 6.10. The summed E-state index contributed by atoms with van der Waals surface area (Å²) in [5.74, 6) is -0.292. The average molecular weight is 262 g/mol. The van der Waals surface area contributed by atoms with Crippen molar-refractivity contribution >= 4 is 5.78 Å². The Kier molecular flexibility index (Phi) is 2.46. The van der Waals surface area contributed by atoms with Gasteiger partial charge in [-0.1, -0.05) is 0 Å². The van der Waals surface area contributed by atoms with Crippen LogP contribution in [0.1, 0.15) is 26.7 Å². The van der Waals surface area contributed by atoms with Gasteiger partial charge < -0.3 is 15.3 Å². The van der Waals surface area contributed by atoms with Gasteiger partial charge in [0, 0.05) is 11.0 Å². The molecule has 1 spiro atoms. The molecule has 3 N–H and O–H groups in total. The Bertz CT molecular complexity index is 571. The van der Waals surface area contributed by atoms with Crippen molar-refractivity contribution in [2.75, 3.05) is 13.2 Å². The molecule has 3 aliphatic rings. The monoisotopic (exact) mass is 262 g/mol. The highest BCUT2D eigenvalue weighted by atomic mass is 16.3. The molecule has 3 rings (SSSR count). The minimum Gasteiger partial charge on any atom is -0.392 e. The Morgan fingerprint density at radius 1 is 1.26 bits per heavy atom. The maximum absolute atomic E-state index is 12.5. The van der Waals surface area contributed by atoms with Crippen LogP contribution in [0.2, 0.25) is 0 Å². The summed E-state index contributed by atoms with van der Waals surface area (Å²) >= 11 is 0. The molecular weight excluding hydrogens is 244 g/mol. The summed E-state index contributed by atoms with van der Waals surface area (Å²) < 4.78 is 0. The highest BCUT2D eigenvalue weighted by Gasteiger charge is 2.65. The number of hydrogen-bond acceptors (Lipinski definition) is 4. The molecule has 4 heteroatoms. The Morgan fingerprint density at radius 3 is 2.37 bits per heavy atom. The number of Topliss-reactive ketones (excluding diaryl/α,β-unsaturated/α-hetero) is 1. The number of allylic oxidation sites excluding steroid dienone is 2. The fourth-order valence-corrected chi connectivity index (χ4v) is 3.62. The van der Waals surface area contributed by atoms with Gasteiger partial charge in [0.2, 0.25) is 0 Å². The van der Waals surface area contributed by atoms with E-state index in [1.165, 1.54) is 0 Å². The van der Waals surface area contributed by atoms with E-state index in [2.05, 4.69) is 0 Å². The molecule has 4 nitrogen and oxygen atoms in total. The van der Waals surface area contributed by atoms with Crippen molar-refractivity contribution in [2.24, 2.45) is 5.41 Å². The maximum Gasteiger partial charge on any atom is 0.195 e. The summed E-state index contributed by atoms with van der Waals surface area (Å²) in [5.41, 5.74) is 1.28. The highest BCUT2D eigenvalue weighted by Crippen LogP contribution is 2.64. The lowest BCUT2D eigenvalue weighted by Gasteiger charge is -2.39. The smallest absolute Gasteiger partial charge is 0.195 e. The van der Waals surface area contributed by atoms with E-state index in [0.29, 0.717) is 35.1 Å². The summed E-state index contributed by atoms with van der Waals surface area (Å²) in [5, 5.41) is 29.8. The molecule has 0 saturated heterocycles. The van der Waals surface area contributed by atoms with Gasteiger partial charge in [-0.25, -0.2) is 0 Å². The number of rotatable bonds is 2. The number of carbonyl (C=O) groups excluding carboxylic acids is 1. The molecule has 1 fully saturated rings. The van der Waals surface area contributed by atoms with Crippen LogP contribution in [0.25, 0.3) is 0 Å². The second-order valence-electron chi connectivity index (χ2n) is 5.87. The zero-order valence-corrected chi connectivity index (χ0v) is 11.2. The van der Waals surface area contributed by atoms with Crippen LogP contribution in [0.3, 0.4) is 0 Å². The Balaban J connectivity index is 2.30. The van der Waals surface area contributed by atoms with Crippen molar-refractivity contribution < 1.29 is 20.1 Å². The van der Waals surface area contributed by atoms with Crippen molar-refractivity contribution in [3.05, 3.63) is 33.9 Å². The van der Waals surface area contributed by atoms with E-state index in [0.717, 1.165) is 5.57 Å². The van der Waals surface area contributed by atoms with Crippen LogP contribution in [0, 0.1) is 5.41 Å². The van der Waals surface area contributed by atoms with Crippen LogP contribution < -0.4 is 0 Å². The fourth-order valence-electron chi connectivity index (χ4n) is 3.62. The van der Waals surface area contributed by atoms with Gasteiger partial charge in [0.15, 0.2) is 5.78 Å². The third-order valence-corrected chi connectivity index (χ3v) is 4.97. The van der Waals surface area contributed by atoms with E-state index in [1.54, 1.807) is 13.0 Å². The minimum absolute atomic E-state index is 0.157. The summed E-state index contributed by atoms with van der Waals surface area (Å²) in [4.78, 5) is 12.5. The molecule has 0 heterocycles. The van der Waals surface area contributed by atoms with Gasteiger partial charge in [0.1, 0.15) is 5.60 Å². The first-order chi connectivity index (χ1) is 8.90. The number of aliphatic hydroxyl groups is 3. The molecule has 102 valence electrons. The van der Waals surface area contributed by atoms with Crippen LogP contribution in [-0.4, -0.2) is 39.9 Å². The molecule has 0 bridgehead atoms. The van der Waals surface area contributed by atoms with Crippen molar-refractivity contribution in [3.8, 4) is 0 Å². The molecule has 1 atom stereocenters. The SMILES string of the molecule is CC1=C(CO)C2=C(CO)C3(CC3)[C@@](C)(O)C(=O)C2=C1. The van der Waals surface area contributed by atoms with Crippen molar-refractivity contribution in [1.29, 1.82) is 0 Å². The maximum atomic E-state index is 12.5. The molecule has 0 amide bonds. The summed E-state index contributed by atoms with van der Waals surface area (Å²) in [6.45, 7) is 3.03. The summed E-state index contributed by atoms with van der Waals surface area (Å²) in [7, 11) is 0. The van der Waals surface area contributed by atoms with Crippen LogP contribution in [0.15, 0.2) is 33.9 Å². The first kappa shape index (κ1) is 12.8. The lowest BCUT2D eigenvalue weighted by atomic mass is 9.67. The minimum atomic E-state index is -1.45. The summed E-state index contributed by atoms with van der Waals surface area (Å²) in [6.07, 6.45) is 3.12. The van der Waals surface area contributed by atoms with Gasteiger partial charge in [0.05, 0.1) is 13.2 Å². The zero-order chi connectivity index (χ0) is 14.0. The van der Waals surface area contributed by atoms with Crippen molar-refractivity contribution in [1.82, 2.24) is 0 Å². The molecule has 0 unspecified atom stereocenters. The summed E-state index contributed by atoms with van der Waals surface area (Å²) in [6, 6.07) is 0. The van der Waals surface area contributed by atoms with E-state index >= 15 is 0 Å². The predicted molar refractivity (Wildman–Crippen MR) is 69.3 cm³/mol. The third-order valence-electron chi connectivity index (χ3n) is 4.97. The van der Waals surface area contributed by atoms with E-state index in [9.17, 15) is 20.1 Å². The van der Waals surface area contributed by atoms with Gasteiger partial charge in [0.25, 0.3) is 0 Å². The number of aliphatic hydroxyl groups excluding tert-OH is 2. The third kappa shape index (κ3) is 1.31. The molecule has 3 aliphatic carbocycles. The van der Waals surface area contributed by atoms with Gasteiger partial charge >= 0.3 is 0 Å². The first-order valence-electron chi connectivity index (χ1n) is 6.55. The van der Waals surface area contributed by atoms with Crippen LogP contribution in [0.5, 0.6) is 0 Å². The number of fused-ring (bicyclic) bond motifs is 1. The molecule has 0 aliphatic heterocycles.